The van der Waals surface area contributed by atoms with Gasteiger partial charge in [-0.3, -0.25) is 4.79 Å². The summed E-state index contributed by atoms with van der Waals surface area (Å²) in [4.78, 5) is 29.1. The number of carbonyl (C=O) groups is 2. The Hall–Kier alpha value is -3.25. The van der Waals surface area contributed by atoms with Crippen molar-refractivity contribution in [3.05, 3.63) is 88.1 Å². The summed E-state index contributed by atoms with van der Waals surface area (Å²) in [6.45, 7) is 5.71. The zero-order valence-corrected chi connectivity index (χ0v) is 26.6. The Morgan fingerprint density at radius 2 is 1.84 bits per heavy atom. The number of nitrogens with zero attached hydrogens (tertiary/aromatic N) is 3. The highest BCUT2D eigenvalue weighted by atomic mass is 32.2. The van der Waals surface area contributed by atoms with Crippen molar-refractivity contribution in [3.63, 3.8) is 0 Å². The Kier molecular flexibility index (Phi) is 11.7. The highest BCUT2D eigenvalue weighted by Crippen LogP contribution is 2.27. The molecule has 1 unspecified atom stereocenters. The van der Waals surface area contributed by atoms with E-state index in [0.717, 1.165) is 56.4 Å². The van der Waals surface area contributed by atoms with Crippen LogP contribution in [0.4, 0.5) is 4.79 Å². The second-order valence-electron chi connectivity index (χ2n) is 11.0. The third kappa shape index (κ3) is 8.88. The third-order valence-corrected chi connectivity index (χ3v) is 10.5. The maximum Gasteiger partial charge on any atom is 0.410 e. The van der Waals surface area contributed by atoms with Crippen LogP contribution in [0.2, 0.25) is 0 Å². The fourth-order valence-corrected chi connectivity index (χ4v) is 7.53. The lowest BCUT2D eigenvalue weighted by Gasteiger charge is -2.38. The Balaban J connectivity index is 1.31. The Morgan fingerprint density at radius 1 is 1.09 bits per heavy atom. The van der Waals surface area contributed by atoms with Crippen LogP contribution in [0.25, 0.3) is 0 Å². The molecular formula is C32H42N4O5S2. The molecule has 232 valence electrons. The van der Waals surface area contributed by atoms with Gasteiger partial charge in [-0.25, -0.2) is 17.5 Å². The maximum atomic E-state index is 13.2. The molecule has 4 rings (SSSR count). The molecule has 0 spiro atoms. The van der Waals surface area contributed by atoms with Gasteiger partial charge in [0, 0.05) is 44.8 Å². The smallest absolute Gasteiger partial charge is 0.410 e. The number of hydrogen-bond donors (Lipinski definition) is 1. The van der Waals surface area contributed by atoms with E-state index in [2.05, 4.69) is 16.3 Å². The standard InChI is InChI=1S/C32H42N4O5S2/c1-3-16-36(32(38)41-23-25-8-7-9-26(21-25)31(33)37)29-13-18-35(19-14-29)17-12-27(28-15-20-42-24-28)22-34(2)43(39,40)30-10-5-4-6-11-30/h4-11,15,20-21,24,27,29H,3,12-14,16-19,22-23H2,1-2H3,(H2,33,37). The van der Waals surface area contributed by atoms with E-state index in [4.69, 9.17) is 10.5 Å². The van der Waals surface area contributed by atoms with Gasteiger partial charge >= 0.3 is 6.09 Å². The number of likely N-dealkylation sites (tertiary alicyclic amines) is 1. The molecule has 0 saturated carbocycles. The number of hydrogen-bond acceptors (Lipinski definition) is 7. The van der Waals surface area contributed by atoms with Crippen LogP contribution in [-0.4, -0.2) is 80.3 Å². The lowest BCUT2D eigenvalue weighted by atomic mass is 9.97. The number of thiophene rings is 1. The Bertz CT molecular complexity index is 1420. The molecule has 0 bridgehead atoms. The average Bonchev–Trinajstić information content (AvgIpc) is 3.56. The first kappa shape index (κ1) is 32.7. The van der Waals surface area contributed by atoms with Gasteiger partial charge in [-0.05, 0) is 90.4 Å². The van der Waals surface area contributed by atoms with E-state index in [0.29, 0.717) is 23.5 Å². The second kappa shape index (κ2) is 15.5. The van der Waals surface area contributed by atoms with Gasteiger partial charge in [0.15, 0.2) is 0 Å². The molecule has 1 aromatic heterocycles. The number of likely N-dealkylation sites (N-methyl/N-ethyl adjacent to an activating group) is 1. The fraction of sp³-hybridized carbons (Fsp3) is 0.438. The van der Waals surface area contributed by atoms with Gasteiger partial charge in [0.05, 0.1) is 4.90 Å². The zero-order chi connectivity index (χ0) is 30.8. The second-order valence-corrected chi connectivity index (χ2v) is 13.9. The number of carbonyl (C=O) groups excluding carboxylic acids is 2. The van der Waals surface area contributed by atoms with E-state index in [-0.39, 0.29) is 24.7 Å². The molecule has 1 saturated heterocycles. The van der Waals surface area contributed by atoms with E-state index in [1.807, 2.05) is 23.3 Å². The molecule has 2 aromatic carbocycles. The predicted molar refractivity (Wildman–Crippen MR) is 170 cm³/mol. The molecule has 9 nitrogen and oxygen atoms in total. The zero-order valence-electron chi connectivity index (χ0n) is 24.9. The van der Waals surface area contributed by atoms with Crippen molar-refractivity contribution < 1.29 is 22.7 Å². The number of sulfonamides is 1. The maximum absolute atomic E-state index is 13.2. The Morgan fingerprint density at radius 3 is 2.49 bits per heavy atom. The van der Waals surface area contributed by atoms with Gasteiger partial charge in [-0.2, -0.15) is 11.3 Å². The minimum Gasteiger partial charge on any atom is -0.445 e. The molecule has 43 heavy (non-hydrogen) atoms. The first-order chi connectivity index (χ1) is 20.7. The highest BCUT2D eigenvalue weighted by molar-refractivity contribution is 7.89. The van der Waals surface area contributed by atoms with Crippen LogP contribution in [0.5, 0.6) is 0 Å². The van der Waals surface area contributed by atoms with Crippen LogP contribution in [0, 0.1) is 0 Å². The Labute approximate surface area is 259 Å². The minimum atomic E-state index is -3.57. The molecule has 1 atom stereocenters. The fourth-order valence-electron chi connectivity index (χ4n) is 5.55. The van der Waals surface area contributed by atoms with Crippen LogP contribution in [0.1, 0.15) is 60.0 Å². The minimum absolute atomic E-state index is 0.0760. The molecule has 3 aromatic rings. The van der Waals surface area contributed by atoms with E-state index >= 15 is 0 Å². The number of piperidine rings is 1. The topological polar surface area (TPSA) is 113 Å². The van der Waals surface area contributed by atoms with Gasteiger partial charge in [0.25, 0.3) is 0 Å². The normalized spacial score (nSPS) is 15.3. The van der Waals surface area contributed by atoms with Crippen molar-refractivity contribution >= 4 is 33.4 Å². The molecule has 1 aliphatic heterocycles. The summed E-state index contributed by atoms with van der Waals surface area (Å²) in [6, 6.07) is 17.6. The molecule has 1 fully saturated rings. The molecule has 0 aliphatic carbocycles. The number of amides is 2. The summed E-state index contributed by atoms with van der Waals surface area (Å²) < 4.78 is 33.5. The van der Waals surface area contributed by atoms with Gasteiger partial charge in [0.2, 0.25) is 15.9 Å². The van der Waals surface area contributed by atoms with E-state index < -0.39 is 15.9 Å². The average molecular weight is 627 g/mol. The van der Waals surface area contributed by atoms with Crippen LogP contribution in [0.3, 0.4) is 0 Å². The highest BCUT2D eigenvalue weighted by Gasteiger charge is 2.30. The number of ether oxygens (including phenoxy) is 1. The van der Waals surface area contributed by atoms with Crippen LogP contribution in [0.15, 0.2) is 76.3 Å². The number of primary amides is 1. The molecule has 1 aliphatic rings. The van der Waals surface area contributed by atoms with Crippen LogP contribution in [-0.2, 0) is 21.4 Å². The monoisotopic (exact) mass is 626 g/mol. The molecule has 2 N–H and O–H groups in total. The first-order valence-electron chi connectivity index (χ1n) is 14.8. The summed E-state index contributed by atoms with van der Waals surface area (Å²) >= 11 is 1.62. The SMILES string of the molecule is CCCN(C(=O)OCc1cccc(C(N)=O)c1)C1CCN(CCC(CN(C)S(=O)(=O)c2ccccc2)c2ccsc2)CC1. The summed E-state index contributed by atoms with van der Waals surface area (Å²) in [5, 5.41) is 4.15. The number of rotatable bonds is 14. The van der Waals surface area contributed by atoms with Gasteiger partial charge in [-0.1, -0.05) is 37.3 Å². The summed E-state index contributed by atoms with van der Waals surface area (Å²) in [5.74, 6) is -0.439. The van der Waals surface area contributed by atoms with Crippen molar-refractivity contribution in [2.24, 2.45) is 5.73 Å². The number of benzene rings is 2. The van der Waals surface area contributed by atoms with Crippen molar-refractivity contribution in [2.45, 2.75) is 56.1 Å². The van der Waals surface area contributed by atoms with Gasteiger partial charge in [0.1, 0.15) is 6.61 Å². The largest absolute Gasteiger partial charge is 0.445 e. The summed E-state index contributed by atoms with van der Waals surface area (Å²) in [5.41, 5.74) is 7.64. The first-order valence-corrected chi connectivity index (χ1v) is 17.1. The van der Waals surface area contributed by atoms with Gasteiger partial charge in [-0.15, -0.1) is 0 Å². The van der Waals surface area contributed by atoms with Crippen molar-refractivity contribution in [1.29, 1.82) is 0 Å². The summed E-state index contributed by atoms with van der Waals surface area (Å²) in [6.07, 6.45) is 3.01. The summed E-state index contributed by atoms with van der Waals surface area (Å²) in [7, 11) is -1.92. The van der Waals surface area contributed by atoms with Crippen molar-refractivity contribution in [1.82, 2.24) is 14.1 Å². The van der Waals surface area contributed by atoms with E-state index in [1.165, 1.54) is 4.31 Å². The lowest BCUT2D eigenvalue weighted by molar-refractivity contribution is 0.0601. The lowest BCUT2D eigenvalue weighted by Crippen LogP contribution is -2.48. The third-order valence-electron chi connectivity index (χ3n) is 8.01. The molecule has 2 heterocycles. The number of nitrogens with two attached hydrogens (primary N) is 1. The molecule has 0 radical (unpaired) electrons. The molecule has 2 amide bonds. The predicted octanol–water partition coefficient (Wildman–Crippen LogP) is 5.15. The van der Waals surface area contributed by atoms with E-state index in [9.17, 15) is 18.0 Å². The van der Waals surface area contributed by atoms with Crippen LogP contribution < -0.4 is 5.73 Å². The van der Waals surface area contributed by atoms with Crippen molar-refractivity contribution in [3.8, 4) is 0 Å². The molecular weight excluding hydrogens is 585 g/mol. The molecule has 11 heteroatoms. The quantitative estimate of drug-likeness (QED) is 0.265. The van der Waals surface area contributed by atoms with Crippen molar-refractivity contribution in [2.75, 3.05) is 39.8 Å². The van der Waals surface area contributed by atoms with E-state index in [1.54, 1.807) is 66.9 Å². The van der Waals surface area contributed by atoms with Gasteiger partial charge < -0.3 is 20.3 Å². The van der Waals surface area contributed by atoms with Crippen LogP contribution >= 0.6 is 11.3 Å².